The molecule has 10 heteroatoms. The molecule has 10 nitrogen and oxygen atoms in total. The molecule has 4 aromatic rings. The Labute approximate surface area is 220 Å². The second-order valence-corrected chi connectivity index (χ2v) is 10.6. The molecule has 38 heavy (non-hydrogen) atoms. The van der Waals surface area contributed by atoms with Crippen LogP contribution in [-0.4, -0.2) is 54.3 Å². The van der Waals surface area contributed by atoms with Crippen molar-refractivity contribution in [3.05, 3.63) is 76.4 Å². The van der Waals surface area contributed by atoms with Crippen LogP contribution in [-0.2, 0) is 17.8 Å². The van der Waals surface area contributed by atoms with Crippen LogP contribution in [0.25, 0.3) is 16.6 Å². The number of aromatic nitrogens is 4. The molecule has 5 rings (SSSR count). The second kappa shape index (κ2) is 9.20. The van der Waals surface area contributed by atoms with Crippen molar-refractivity contribution in [3.8, 4) is 11.4 Å². The number of carbonyl (C=O) groups is 2. The van der Waals surface area contributed by atoms with Crippen LogP contribution >= 0.6 is 0 Å². The molecule has 0 spiro atoms. The van der Waals surface area contributed by atoms with Gasteiger partial charge in [-0.2, -0.15) is 0 Å². The number of imidazole rings is 1. The third-order valence-corrected chi connectivity index (χ3v) is 6.63. The fourth-order valence-electron chi connectivity index (χ4n) is 4.80. The SMILES string of the molecule is COc1ccc2c(c1)c(CN1C(=O)c3ccc(-n4cnc(C)c4)c(=O)n3CC1C)cn2C(=O)OC(C)(C)C. The lowest BCUT2D eigenvalue weighted by atomic mass is 10.1. The number of fused-ring (bicyclic) bond motifs is 2. The molecule has 0 fully saturated rings. The van der Waals surface area contributed by atoms with Crippen molar-refractivity contribution in [2.24, 2.45) is 0 Å². The van der Waals surface area contributed by atoms with Crippen LogP contribution < -0.4 is 10.3 Å². The number of rotatable bonds is 4. The number of hydrogen-bond donors (Lipinski definition) is 0. The van der Waals surface area contributed by atoms with E-state index in [4.69, 9.17) is 9.47 Å². The smallest absolute Gasteiger partial charge is 0.419 e. The van der Waals surface area contributed by atoms with Gasteiger partial charge in [-0.25, -0.2) is 9.78 Å². The average Bonchev–Trinajstić information content (AvgIpc) is 3.44. The summed E-state index contributed by atoms with van der Waals surface area (Å²) < 4.78 is 15.7. The van der Waals surface area contributed by atoms with E-state index in [1.54, 1.807) is 59.6 Å². The van der Waals surface area contributed by atoms with E-state index in [1.165, 1.54) is 9.13 Å². The molecular weight excluding hydrogens is 486 g/mol. The zero-order chi connectivity index (χ0) is 27.4. The van der Waals surface area contributed by atoms with Gasteiger partial charge in [0, 0.05) is 36.9 Å². The summed E-state index contributed by atoms with van der Waals surface area (Å²) in [5.74, 6) is 0.383. The molecule has 1 aliphatic rings. The molecule has 0 radical (unpaired) electrons. The molecule has 1 aliphatic heterocycles. The molecule has 0 bridgehead atoms. The van der Waals surface area contributed by atoms with E-state index in [9.17, 15) is 14.4 Å². The first-order valence-electron chi connectivity index (χ1n) is 12.4. The summed E-state index contributed by atoms with van der Waals surface area (Å²) >= 11 is 0. The van der Waals surface area contributed by atoms with Crippen molar-refractivity contribution >= 4 is 22.9 Å². The second-order valence-electron chi connectivity index (χ2n) is 10.6. The predicted molar refractivity (Wildman–Crippen MR) is 142 cm³/mol. The summed E-state index contributed by atoms with van der Waals surface area (Å²) in [6.07, 6.45) is 4.58. The van der Waals surface area contributed by atoms with E-state index in [0.29, 0.717) is 29.2 Å². The highest BCUT2D eigenvalue weighted by Crippen LogP contribution is 2.30. The molecule has 4 heterocycles. The maximum absolute atomic E-state index is 13.6. The number of benzene rings is 1. The Morgan fingerprint density at radius 3 is 2.55 bits per heavy atom. The van der Waals surface area contributed by atoms with Crippen LogP contribution in [0.4, 0.5) is 4.79 Å². The van der Waals surface area contributed by atoms with Gasteiger partial charge < -0.3 is 23.5 Å². The summed E-state index contributed by atoms with van der Waals surface area (Å²) in [4.78, 5) is 45.9. The van der Waals surface area contributed by atoms with Crippen LogP contribution in [0.1, 0.15) is 49.4 Å². The Kier molecular flexibility index (Phi) is 6.13. The lowest BCUT2D eigenvalue weighted by Crippen LogP contribution is -2.49. The molecular formula is C28H31N5O5. The normalized spacial score (nSPS) is 15.6. The molecule has 1 amide bonds. The van der Waals surface area contributed by atoms with Gasteiger partial charge in [0.25, 0.3) is 11.5 Å². The van der Waals surface area contributed by atoms with Gasteiger partial charge in [0.05, 0.1) is 24.6 Å². The molecule has 0 saturated heterocycles. The zero-order valence-corrected chi connectivity index (χ0v) is 22.4. The minimum Gasteiger partial charge on any atom is -0.497 e. The van der Waals surface area contributed by atoms with E-state index in [-0.39, 0.29) is 24.1 Å². The highest BCUT2D eigenvalue weighted by Gasteiger charge is 2.32. The van der Waals surface area contributed by atoms with E-state index < -0.39 is 11.7 Å². The lowest BCUT2D eigenvalue weighted by molar-refractivity contribution is 0.0544. The first-order valence-corrected chi connectivity index (χ1v) is 12.4. The van der Waals surface area contributed by atoms with Gasteiger partial charge in [0.1, 0.15) is 22.7 Å². The maximum Gasteiger partial charge on any atom is 0.419 e. The minimum absolute atomic E-state index is 0.244. The number of hydrogen-bond acceptors (Lipinski definition) is 6. The Balaban J connectivity index is 1.52. The number of aryl methyl sites for hydroxylation is 1. The van der Waals surface area contributed by atoms with Gasteiger partial charge in [0.2, 0.25) is 0 Å². The van der Waals surface area contributed by atoms with E-state index in [1.807, 2.05) is 40.7 Å². The number of amides is 1. The van der Waals surface area contributed by atoms with Gasteiger partial charge in [-0.3, -0.25) is 14.2 Å². The van der Waals surface area contributed by atoms with Gasteiger partial charge in [0.15, 0.2) is 0 Å². The quantitative estimate of drug-likeness (QED) is 0.404. The van der Waals surface area contributed by atoms with Gasteiger partial charge in [-0.15, -0.1) is 0 Å². The topological polar surface area (TPSA) is 101 Å². The summed E-state index contributed by atoms with van der Waals surface area (Å²) in [5, 5.41) is 0.781. The van der Waals surface area contributed by atoms with Crippen molar-refractivity contribution in [1.29, 1.82) is 0 Å². The van der Waals surface area contributed by atoms with E-state index in [2.05, 4.69) is 4.98 Å². The van der Waals surface area contributed by atoms with Crippen molar-refractivity contribution < 1.29 is 19.1 Å². The van der Waals surface area contributed by atoms with Crippen molar-refractivity contribution in [2.75, 3.05) is 7.11 Å². The largest absolute Gasteiger partial charge is 0.497 e. The first kappa shape index (κ1) is 25.3. The number of carbonyl (C=O) groups excluding carboxylic acids is 2. The minimum atomic E-state index is -0.664. The van der Waals surface area contributed by atoms with Gasteiger partial charge in [-0.1, -0.05) is 0 Å². The summed E-state index contributed by atoms with van der Waals surface area (Å²) in [6.45, 7) is 9.79. The maximum atomic E-state index is 13.6. The van der Waals surface area contributed by atoms with E-state index >= 15 is 0 Å². The molecule has 0 N–H and O–H groups in total. The summed E-state index contributed by atoms with van der Waals surface area (Å²) in [6, 6.07) is 8.50. The van der Waals surface area contributed by atoms with Crippen LogP contribution in [0.5, 0.6) is 5.75 Å². The summed E-state index contributed by atoms with van der Waals surface area (Å²) in [7, 11) is 1.58. The lowest BCUT2D eigenvalue weighted by Gasteiger charge is -2.35. The number of ether oxygens (including phenoxy) is 2. The highest BCUT2D eigenvalue weighted by molar-refractivity contribution is 5.95. The van der Waals surface area contributed by atoms with Crippen LogP contribution in [0.3, 0.4) is 0 Å². The molecule has 0 saturated carbocycles. The Hall–Kier alpha value is -4.34. The molecule has 1 atom stereocenters. The van der Waals surface area contributed by atoms with Gasteiger partial charge in [-0.05, 0) is 70.5 Å². The molecule has 3 aromatic heterocycles. The van der Waals surface area contributed by atoms with Crippen LogP contribution in [0.15, 0.2) is 53.8 Å². The predicted octanol–water partition coefficient (Wildman–Crippen LogP) is 4.13. The van der Waals surface area contributed by atoms with Crippen molar-refractivity contribution in [3.63, 3.8) is 0 Å². The molecule has 1 unspecified atom stereocenters. The van der Waals surface area contributed by atoms with Crippen LogP contribution in [0, 0.1) is 6.92 Å². The Morgan fingerprint density at radius 2 is 1.89 bits per heavy atom. The van der Waals surface area contributed by atoms with Crippen LogP contribution in [0.2, 0.25) is 0 Å². The fraction of sp³-hybridized carbons (Fsp3) is 0.357. The fourth-order valence-corrected chi connectivity index (χ4v) is 4.80. The molecule has 0 aliphatic carbocycles. The van der Waals surface area contributed by atoms with Gasteiger partial charge >= 0.3 is 6.09 Å². The zero-order valence-electron chi connectivity index (χ0n) is 22.4. The average molecular weight is 518 g/mol. The summed E-state index contributed by atoms with van der Waals surface area (Å²) in [5.41, 5.74) is 2.08. The number of nitrogens with zero attached hydrogens (tertiary/aromatic N) is 5. The molecule has 198 valence electrons. The third-order valence-electron chi connectivity index (χ3n) is 6.63. The first-order chi connectivity index (χ1) is 18.0. The third kappa shape index (κ3) is 4.46. The van der Waals surface area contributed by atoms with Crippen molar-refractivity contribution in [2.45, 2.75) is 59.4 Å². The van der Waals surface area contributed by atoms with Crippen molar-refractivity contribution in [1.82, 2.24) is 23.6 Å². The number of methoxy groups -OCH3 is 1. The highest BCUT2D eigenvalue weighted by atomic mass is 16.6. The standard InChI is InChI=1S/C28H31N5O5/c1-17-12-30(16-29-17)23-9-10-24-26(35)31(18(2)13-32(24)25(23)34)14-19-15-33(27(36)38-28(3,4)5)22-8-7-20(37-6)11-21(19)22/h7-12,15-16,18H,13-14H2,1-6H3. The monoisotopic (exact) mass is 517 g/mol. The Morgan fingerprint density at radius 1 is 1.13 bits per heavy atom. The Bertz CT molecular complexity index is 1620. The number of pyridine rings is 1. The molecule has 1 aromatic carbocycles. The van der Waals surface area contributed by atoms with E-state index in [0.717, 1.165) is 16.6 Å².